The summed E-state index contributed by atoms with van der Waals surface area (Å²) in [5.74, 6) is 0. The molecule has 0 rings (SSSR count). The Balaban J connectivity index is -0.000000218. The summed E-state index contributed by atoms with van der Waals surface area (Å²) in [6.45, 7) is 7.73. The highest BCUT2D eigenvalue weighted by atomic mass is 16.3. The van der Waals surface area contributed by atoms with Gasteiger partial charge in [-0.05, 0) is 6.42 Å². The molecule has 0 radical (unpaired) electrons. The molecule has 2 heteroatoms. The second-order valence-corrected chi connectivity index (χ2v) is 1.56. The van der Waals surface area contributed by atoms with Crippen LogP contribution in [-0.4, -0.2) is 23.9 Å². The van der Waals surface area contributed by atoms with Crippen molar-refractivity contribution in [2.24, 2.45) is 0 Å². The summed E-state index contributed by atoms with van der Waals surface area (Å²) in [6, 6.07) is 0. The lowest BCUT2D eigenvalue weighted by molar-refractivity contribution is 0.302. The van der Waals surface area contributed by atoms with Gasteiger partial charge >= 0.3 is 0 Å². The monoisotopic (exact) mass is 186 g/mol. The van der Waals surface area contributed by atoms with E-state index in [1.165, 1.54) is 0 Å². The fourth-order valence-corrected chi connectivity index (χ4v) is 0.392. The van der Waals surface area contributed by atoms with Crippen LogP contribution in [0.4, 0.5) is 0 Å². The molecule has 0 aliphatic carbocycles. The minimum absolute atomic E-state index is 0.221. The molecule has 0 aromatic heterocycles. The summed E-state index contributed by atoms with van der Waals surface area (Å²) in [5, 5.41) is 15.3. The van der Waals surface area contributed by atoms with Gasteiger partial charge in [0, 0.05) is 13.7 Å². The van der Waals surface area contributed by atoms with Gasteiger partial charge in [0.15, 0.2) is 0 Å². The number of hydrogen-bond donors (Lipinski definition) is 2. The van der Waals surface area contributed by atoms with Crippen molar-refractivity contribution in [3.63, 3.8) is 0 Å². The highest BCUT2D eigenvalue weighted by Gasteiger charge is 1.68. The lowest BCUT2D eigenvalue weighted by Crippen LogP contribution is -1.73. The van der Waals surface area contributed by atoms with E-state index in [1.807, 2.05) is 38.2 Å². The van der Waals surface area contributed by atoms with Crippen LogP contribution >= 0.6 is 0 Å². The third kappa shape index (κ3) is 35.2. The normalized spacial score (nSPS) is 8.69. The van der Waals surface area contributed by atoms with E-state index in [4.69, 9.17) is 10.2 Å². The van der Waals surface area contributed by atoms with Crippen LogP contribution in [0.5, 0.6) is 0 Å². The molecular formula is C11H22O2. The van der Waals surface area contributed by atoms with Crippen LogP contribution in [-0.2, 0) is 0 Å². The largest absolute Gasteiger partial charge is 0.400 e. The van der Waals surface area contributed by atoms with Gasteiger partial charge in [0.1, 0.15) is 0 Å². The van der Waals surface area contributed by atoms with E-state index in [0.717, 1.165) is 13.5 Å². The molecule has 0 fully saturated rings. The molecule has 0 spiro atoms. The maximum atomic E-state index is 8.33. The van der Waals surface area contributed by atoms with Crippen molar-refractivity contribution < 1.29 is 10.2 Å². The average molecular weight is 186 g/mol. The predicted octanol–water partition coefficient (Wildman–Crippen LogP) is 2.30. The van der Waals surface area contributed by atoms with Crippen LogP contribution < -0.4 is 0 Å². The smallest absolute Gasteiger partial charge is 0.0465 e. The second kappa shape index (κ2) is 30.4. The Hall–Kier alpha value is -0.860. The molecule has 0 heterocycles. The van der Waals surface area contributed by atoms with Crippen molar-refractivity contribution in [2.75, 3.05) is 13.7 Å². The van der Waals surface area contributed by atoms with Crippen molar-refractivity contribution >= 4 is 0 Å². The van der Waals surface area contributed by atoms with Gasteiger partial charge in [0.05, 0.1) is 0 Å². The maximum absolute atomic E-state index is 8.33. The summed E-state index contributed by atoms with van der Waals surface area (Å²) in [5.41, 5.74) is 0. The molecule has 2 nitrogen and oxygen atoms in total. The van der Waals surface area contributed by atoms with E-state index in [2.05, 4.69) is 6.58 Å². The molecule has 0 unspecified atom stereocenters. The Labute approximate surface area is 81.9 Å². The maximum Gasteiger partial charge on any atom is 0.0465 e. The van der Waals surface area contributed by atoms with Gasteiger partial charge in [0.2, 0.25) is 0 Å². The van der Waals surface area contributed by atoms with E-state index in [9.17, 15) is 0 Å². The third-order valence-electron chi connectivity index (χ3n) is 0.790. The summed E-state index contributed by atoms with van der Waals surface area (Å²) >= 11 is 0. The Kier molecular flexibility index (Phi) is 42.1. The van der Waals surface area contributed by atoms with Gasteiger partial charge in [-0.2, -0.15) is 0 Å². The molecule has 0 aliphatic rings. The molecule has 0 bridgehead atoms. The first-order valence-corrected chi connectivity index (χ1v) is 4.41. The average Bonchev–Trinajstić information content (AvgIpc) is 2.24. The first-order valence-electron chi connectivity index (χ1n) is 4.41. The van der Waals surface area contributed by atoms with E-state index >= 15 is 0 Å². The van der Waals surface area contributed by atoms with E-state index in [0.29, 0.717) is 0 Å². The van der Waals surface area contributed by atoms with Crippen molar-refractivity contribution in [1.29, 1.82) is 0 Å². The summed E-state index contributed by atoms with van der Waals surface area (Å²) in [6.07, 6.45) is 9.94. The van der Waals surface area contributed by atoms with Crippen LogP contribution in [0.25, 0.3) is 0 Å². The lowest BCUT2D eigenvalue weighted by Gasteiger charge is -1.78. The van der Waals surface area contributed by atoms with Gasteiger partial charge in [0.25, 0.3) is 0 Å². The molecule has 0 aromatic rings. The molecule has 0 saturated carbocycles. The van der Waals surface area contributed by atoms with Gasteiger partial charge in [-0.3, -0.25) is 0 Å². The van der Waals surface area contributed by atoms with Gasteiger partial charge < -0.3 is 10.2 Å². The lowest BCUT2D eigenvalue weighted by atomic mass is 10.4. The van der Waals surface area contributed by atoms with Crippen LogP contribution in [0.2, 0.25) is 0 Å². The number of rotatable bonds is 4. The quantitative estimate of drug-likeness (QED) is 0.661. The highest BCUT2D eigenvalue weighted by Crippen LogP contribution is 1.81. The molecule has 0 amide bonds. The van der Waals surface area contributed by atoms with Crippen LogP contribution in [0.1, 0.15) is 20.3 Å². The predicted molar refractivity (Wildman–Crippen MR) is 59.7 cm³/mol. The topological polar surface area (TPSA) is 40.5 Å². The van der Waals surface area contributed by atoms with E-state index in [1.54, 1.807) is 6.08 Å². The minimum atomic E-state index is 0.221. The van der Waals surface area contributed by atoms with Gasteiger partial charge in [-0.25, -0.2) is 0 Å². The first kappa shape index (κ1) is 18.0. The molecule has 0 aliphatic heterocycles. The van der Waals surface area contributed by atoms with Gasteiger partial charge in [-0.1, -0.05) is 50.8 Å². The van der Waals surface area contributed by atoms with Crippen molar-refractivity contribution in [2.45, 2.75) is 20.3 Å². The third-order valence-corrected chi connectivity index (χ3v) is 0.790. The zero-order valence-electron chi connectivity index (χ0n) is 8.90. The summed E-state index contributed by atoms with van der Waals surface area (Å²) < 4.78 is 0. The second-order valence-electron chi connectivity index (χ2n) is 1.56. The fraction of sp³-hybridized carbons (Fsp3) is 0.455. The molecule has 13 heavy (non-hydrogen) atoms. The first-order chi connectivity index (χ1) is 6.41. The van der Waals surface area contributed by atoms with E-state index < -0.39 is 0 Å². The molecule has 78 valence electrons. The van der Waals surface area contributed by atoms with Crippen LogP contribution in [0.3, 0.4) is 0 Å². The van der Waals surface area contributed by atoms with Crippen molar-refractivity contribution in [3.05, 3.63) is 37.0 Å². The Morgan fingerprint density at radius 2 is 1.62 bits per heavy atom. The molecule has 0 aromatic carbocycles. The number of hydrogen-bond acceptors (Lipinski definition) is 2. The zero-order chi connectivity index (χ0) is 10.9. The minimum Gasteiger partial charge on any atom is -0.400 e. The summed E-state index contributed by atoms with van der Waals surface area (Å²) in [7, 11) is 1.00. The Morgan fingerprint density at radius 1 is 1.08 bits per heavy atom. The molecule has 0 atom stereocenters. The number of allylic oxidation sites excluding steroid dienone is 4. The number of aliphatic hydroxyl groups excluding tert-OH is 2. The zero-order valence-corrected chi connectivity index (χ0v) is 8.90. The molecular weight excluding hydrogens is 164 g/mol. The fourth-order valence-electron chi connectivity index (χ4n) is 0.392. The SMILES string of the molecule is C=C/C=C\C=C\CCO.CC.CO. The summed E-state index contributed by atoms with van der Waals surface area (Å²) in [4.78, 5) is 0. The van der Waals surface area contributed by atoms with Crippen LogP contribution in [0, 0.1) is 0 Å². The number of aliphatic hydroxyl groups is 2. The van der Waals surface area contributed by atoms with Gasteiger partial charge in [-0.15, -0.1) is 0 Å². The van der Waals surface area contributed by atoms with E-state index in [-0.39, 0.29) is 6.61 Å². The van der Waals surface area contributed by atoms with Crippen LogP contribution in [0.15, 0.2) is 37.0 Å². The van der Waals surface area contributed by atoms with Crippen molar-refractivity contribution in [1.82, 2.24) is 0 Å². The Bertz CT molecular complexity index is 115. The standard InChI is InChI=1S/C8H12O.C2H6.CH4O/c1-2-3-4-5-6-7-8-9;2*1-2/h2-6,9H,1,7-8H2;1-2H3;2H,1H3/b4-3-,6-5+;;. The Morgan fingerprint density at radius 3 is 2.00 bits per heavy atom. The highest BCUT2D eigenvalue weighted by molar-refractivity contribution is 5.08. The van der Waals surface area contributed by atoms with Crippen molar-refractivity contribution in [3.8, 4) is 0 Å². The molecule has 0 saturated heterocycles. The molecule has 2 N–H and O–H groups in total.